The second-order valence-electron chi connectivity index (χ2n) is 16.0. The molecule has 0 bridgehead atoms. The van der Waals surface area contributed by atoms with Crippen LogP contribution in [0.3, 0.4) is 0 Å². The first-order valence-electron chi connectivity index (χ1n) is 20.0. The summed E-state index contributed by atoms with van der Waals surface area (Å²) in [6.07, 6.45) is -4.68. The molecule has 0 amide bonds. The van der Waals surface area contributed by atoms with Crippen LogP contribution in [-0.2, 0) is 6.18 Å². The Balaban J connectivity index is 1.34. The maximum absolute atomic E-state index is 15.5. The standard InChI is InChI=1S/C54H38F3N3/c1-32-20-33(2)23-40(22-32)37-16-18-49-45(27-37)43-12-5-7-14-47(43)59(49)51-29-42(54(55,56)57)30-52(53(51)39-11-9-10-36(26-39)31-58)60-48-15-8-6-13-44(48)46-28-38(17-19-50(46)60)41-24-34(3)21-35(4)25-41/h5-30H,1-4H3. The summed E-state index contributed by atoms with van der Waals surface area (Å²) in [5.74, 6) is 0. The van der Waals surface area contributed by atoms with Gasteiger partial charge in [0.05, 0.1) is 50.6 Å². The van der Waals surface area contributed by atoms with Crippen molar-refractivity contribution in [3.8, 4) is 50.8 Å². The van der Waals surface area contributed by atoms with Crippen molar-refractivity contribution in [3.63, 3.8) is 0 Å². The van der Waals surface area contributed by atoms with Crippen LogP contribution in [0, 0.1) is 39.0 Å². The van der Waals surface area contributed by atoms with Crippen molar-refractivity contribution in [1.82, 2.24) is 9.13 Å². The first kappa shape index (κ1) is 36.9. The predicted octanol–water partition coefficient (Wildman–Crippen LogP) is 15.0. The number of nitrogens with zero attached hydrogens (tertiary/aromatic N) is 3. The molecule has 0 saturated carbocycles. The van der Waals surface area contributed by atoms with Gasteiger partial charge >= 0.3 is 6.18 Å². The maximum atomic E-state index is 15.5. The molecular weight excluding hydrogens is 748 g/mol. The predicted molar refractivity (Wildman–Crippen MR) is 240 cm³/mol. The highest BCUT2D eigenvalue weighted by Crippen LogP contribution is 2.46. The van der Waals surface area contributed by atoms with Crippen molar-refractivity contribution in [2.45, 2.75) is 33.9 Å². The summed E-state index contributed by atoms with van der Waals surface area (Å²) >= 11 is 0. The van der Waals surface area contributed by atoms with E-state index in [0.717, 1.165) is 88.1 Å². The van der Waals surface area contributed by atoms with Gasteiger partial charge < -0.3 is 9.13 Å². The second kappa shape index (κ2) is 13.9. The van der Waals surface area contributed by atoms with Crippen LogP contribution in [0.25, 0.3) is 88.4 Å². The summed E-state index contributed by atoms with van der Waals surface area (Å²) in [7, 11) is 0. The minimum absolute atomic E-state index is 0.359. The lowest BCUT2D eigenvalue weighted by Crippen LogP contribution is -2.11. The van der Waals surface area contributed by atoms with Crippen molar-refractivity contribution in [2.75, 3.05) is 0 Å². The molecular formula is C54H38F3N3. The number of fused-ring (bicyclic) bond motifs is 6. The molecule has 0 atom stereocenters. The molecule has 8 aromatic carbocycles. The Morgan fingerprint density at radius 3 is 1.32 bits per heavy atom. The third kappa shape index (κ3) is 6.13. The van der Waals surface area contributed by atoms with E-state index in [1.54, 1.807) is 18.2 Å². The third-order valence-electron chi connectivity index (χ3n) is 11.6. The first-order valence-corrected chi connectivity index (χ1v) is 20.0. The van der Waals surface area contributed by atoms with Gasteiger partial charge in [0.15, 0.2) is 0 Å². The topological polar surface area (TPSA) is 33.6 Å². The molecule has 290 valence electrons. The van der Waals surface area contributed by atoms with E-state index in [1.807, 2.05) is 75.9 Å². The normalized spacial score (nSPS) is 11.9. The van der Waals surface area contributed by atoms with E-state index in [0.29, 0.717) is 28.1 Å². The van der Waals surface area contributed by atoms with Crippen LogP contribution in [0.2, 0.25) is 0 Å². The molecule has 0 aliphatic carbocycles. The number of halogens is 3. The Morgan fingerprint density at radius 1 is 0.417 bits per heavy atom. The average molecular weight is 786 g/mol. The molecule has 2 heterocycles. The summed E-state index contributed by atoms with van der Waals surface area (Å²) < 4.78 is 50.4. The Morgan fingerprint density at radius 2 is 0.867 bits per heavy atom. The van der Waals surface area contributed by atoms with Gasteiger partial charge in [-0.2, -0.15) is 18.4 Å². The lowest BCUT2D eigenvalue weighted by atomic mass is 9.96. The fourth-order valence-corrected chi connectivity index (χ4v) is 9.27. The molecule has 0 saturated heterocycles. The molecule has 0 spiro atoms. The number of aryl methyl sites for hydroxylation is 4. The first-order chi connectivity index (χ1) is 28.9. The number of aromatic nitrogens is 2. The highest BCUT2D eigenvalue weighted by atomic mass is 19.4. The van der Waals surface area contributed by atoms with Crippen molar-refractivity contribution in [2.24, 2.45) is 0 Å². The van der Waals surface area contributed by atoms with E-state index < -0.39 is 11.7 Å². The van der Waals surface area contributed by atoms with E-state index in [9.17, 15) is 5.26 Å². The van der Waals surface area contributed by atoms with Crippen LogP contribution in [0.4, 0.5) is 13.2 Å². The second-order valence-corrected chi connectivity index (χ2v) is 16.0. The number of alkyl halides is 3. The average Bonchev–Trinajstić information content (AvgIpc) is 3.74. The van der Waals surface area contributed by atoms with Crippen molar-refractivity contribution in [1.29, 1.82) is 5.26 Å². The molecule has 3 nitrogen and oxygen atoms in total. The third-order valence-corrected chi connectivity index (χ3v) is 11.6. The Bertz CT molecular complexity index is 3200. The molecule has 0 aliphatic heterocycles. The van der Waals surface area contributed by atoms with Crippen molar-refractivity contribution < 1.29 is 13.2 Å². The lowest BCUT2D eigenvalue weighted by Gasteiger charge is -2.23. The number of hydrogen-bond donors (Lipinski definition) is 0. The summed E-state index contributed by atoms with van der Waals surface area (Å²) in [6, 6.07) is 53.1. The maximum Gasteiger partial charge on any atom is 0.416 e. The minimum Gasteiger partial charge on any atom is -0.309 e. The molecule has 0 radical (unpaired) electrons. The van der Waals surface area contributed by atoms with E-state index in [4.69, 9.17) is 0 Å². The summed E-state index contributed by atoms with van der Waals surface area (Å²) in [5.41, 5.74) is 13.4. The van der Waals surface area contributed by atoms with Crippen molar-refractivity contribution in [3.05, 3.63) is 191 Å². The number of rotatable bonds is 5. The number of nitriles is 1. The molecule has 10 rings (SSSR count). The van der Waals surface area contributed by atoms with Gasteiger partial charge in [-0.1, -0.05) is 119 Å². The van der Waals surface area contributed by atoms with Crippen LogP contribution in [-0.4, -0.2) is 9.13 Å². The van der Waals surface area contributed by atoms with Crippen LogP contribution >= 0.6 is 0 Å². The van der Waals surface area contributed by atoms with Crippen LogP contribution in [0.15, 0.2) is 158 Å². The van der Waals surface area contributed by atoms with Gasteiger partial charge in [0, 0.05) is 27.1 Å². The van der Waals surface area contributed by atoms with Gasteiger partial charge in [0.1, 0.15) is 0 Å². The zero-order chi connectivity index (χ0) is 41.4. The quantitative estimate of drug-likeness (QED) is 0.171. The fraction of sp³-hybridized carbons (Fsp3) is 0.0926. The van der Waals surface area contributed by atoms with Gasteiger partial charge in [-0.25, -0.2) is 0 Å². The van der Waals surface area contributed by atoms with E-state index >= 15 is 13.2 Å². The minimum atomic E-state index is -4.68. The fourth-order valence-electron chi connectivity index (χ4n) is 9.27. The van der Waals surface area contributed by atoms with Crippen LogP contribution in [0.1, 0.15) is 33.4 Å². The smallest absolute Gasteiger partial charge is 0.309 e. The Hall–Kier alpha value is -7.36. The SMILES string of the molecule is Cc1cc(C)cc(-c2ccc3c(c2)c2ccccc2n3-c2cc(C(F)(F)F)cc(-n3c4ccccc4c4cc(-c5cc(C)cc(C)c5)ccc43)c2-c2cccc(C#N)c2)c1. The van der Waals surface area contributed by atoms with Crippen LogP contribution < -0.4 is 0 Å². The van der Waals surface area contributed by atoms with Gasteiger partial charge in [-0.05, 0) is 116 Å². The lowest BCUT2D eigenvalue weighted by molar-refractivity contribution is -0.137. The van der Waals surface area contributed by atoms with Gasteiger partial charge in [0.25, 0.3) is 0 Å². The monoisotopic (exact) mass is 785 g/mol. The molecule has 6 heteroatoms. The van der Waals surface area contributed by atoms with Gasteiger partial charge in [-0.3, -0.25) is 0 Å². The van der Waals surface area contributed by atoms with Crippen LogP contribution in [0.5, 0.6) is 0 Å². The number of hydrogen-bond acceptors (Lipinski definition) is 1. The summed E-state index contributed by atoms with van der Waals surface area (Å²) in [6.45, 7) is 8.32. The van der Waals surface area contributed by atoms with E-state index in [1.165, 1.54) is 12.1 Å². The largest absolute Gasteiger partial charge is 0.416 e. The molecule has 0 N–H and O–H groups in total. The molecule has 0 unspecified atom stereocenters. The summed E-state index contributed by atoms with van der Waals surface area (Å²) in [4.78, 5) is 0. The van der Waals surface area contributed by atoms with Crippen molar-refractivity contribution >= 4 is 43.6 Å². The highest BCUT2D eigenvalue weighted by molar-refractivity contribution is 6.13. The van der Waals surface area contributed by atoms with E-state index in [2.05, 4.69) is 94.4 Å². The molecule has 10 aromatic rings. The Kier molecular flexibility index (Phi) is 8.55. The summed E-state index contributed by atoms with van der Waals surface area (Å²) in [5, 5.41) is 13.8. The Labute approximate surface area is 345 Å². The highest BCUT2D eigenvalue weighted by Gasteiger charge is 2.34. The van der Waals surface area contributed by atoms with E-state index in [-0.39, 0.29) is 0 Å². The molecule has 60 heavy (non-hydrogen) atoms. The van der Waals surface area contributed by atoms with Gasteiger partial charge in [0.2, 0.25) is 0 Å². The zero-order valence-corrected chi connectivity index (χ0v) is 33.5. The number of benzene rings is 8. The molecule has 0 aliphatic rings. The number of para-hydroxylation sites is 2. The van der Waals surface area contributed by atoms with Gasteiger partial charge in [-0.15, -0.1) is 0 Å². The molecule has 2 aromatic heterocycles. The molecule has 0 fully saturated rings. The zero-order valence-electron chi connectivity index (χ0n) is 33.5.